The molecule has 0 unspecified atom stereocenters. The molecule has 1 aliphatic heterocycles. The molecule has 0 aliphatic carbocycles. The number of hydrogen-bond acceptors (Lipinski definition) is 9. The Labute approximate surface area is 159 Å². The Morgan fingerprint density at radius 2 is 1.85 bits per heavy atom. The van der Waals surface area contributed by atoms with Crippen LogP contribution in [0.5, 0.6) is 5.75 Å². The highest BCUT2D eigenvalue weighted by atomic mass is 32.1. The average Bonchev–Trinajstić information content (AvgIpc) is 3.18. The molecule has 4 N–H and O–H groups in total. The van der Waals surface area contributed by atoms with Gasteiger partial charge in [0.1, 0.15) is 30.2 Å². The van der Waals surface area contributed by atoms with E-state index in [0.29, 0.717) is 11.3 Å². The number of carbonyl (C=O) groups is 1. The molecule has 0 spiro atoms. The summed E-state index contributed by atoms with van der Waals surface area (Å²) in [6, 6.07) is 8.56. The monoisotopic (exact) mass is 396 g/mol. The molecule has 1 aliphatic rings. The lowest BCUT2D eigenvalue weighted by molar-refractivity contribution is -0.277. The Bertz CT molecular complexity index is 772. The quantitative estimate of drug-likeness (QED) is 0.535. The molecule has 0 radical (unpaired) electrons. The van der Waals surface area contributed by atoms with Crippen LogP contribution < -0.4 is 4.74 Å². The fraction of sp³-hybridized carbons (Fsp3) is 0.389. The van der Waals surface area contributed by atoms with Crippen molar-refractivity contribution in [2.45, 2.75) is 30.7 Å². The molecular weight excluding hydrogens is 376 g/mol. The van der Waals surface area contributed by atoms with E-state index in [0.717, 1.165) is 10.4 Å². The lowest BCUT2D eigenvalue weighted by Crippen LogP contribution is -2.60. The molecule has 27 heavy (non-hydrogen) atoms. The van der Waals surface area contributed by atoms with Gasteiger partial charge in [-0.2, -0.15) is 0 Å². The van der Waals surface area contributed by atoms with Crippen LogP contribution in [0.15, 0.2) is 35.7 Å². The van der Waals surface area contributed by atoms with Crippen molar-refractivity contribution < 1.29 is 39.4 Å². The van der Waals surface area contributed by atoms with Crippen LogP contribution in [0.4, 0.5) is 0 Å². The van der Waals surface area contributed by atoms with E-state index < -0.39 is 43.3 Å². The van der Waals surface area contributed by atoms with E-state index in [1.54, 1.807) is 35.7 Å². The molecule has 0 saturated carbocycles. The van der Waals surface area contributed by atoms with Gasteiger partial charge in [0, 0.05) is 10.3 Å². The first kappa shape index (κ1) is 19.7. The average molecular weight is 396 g/mol. The molecular formula is C18H20O8S. The summed E-state index contributed by atoms with van der Waals surface area (Å²) < 4.78 is 15.5. The molecule has 9 heteroatoms. The van der Waals surface area contributed by atoms with Crippen molar-refractivity contribution in [3.05, 3.63) is 41.3 Å². The van der Waals surface area contributed by atoms with Crippen LogP contribution in [0.1, 0.15) is 10.4 Å². The zero-order valence-corrected chi connectivity index (χ0v) is 15.2. The highest BCUT2D eigenvalue weighted by Gasteiger charge is 2.44. The summed E-state index contributed by atoms with van der Waals surface area (Å²) in [4.78, 5) is 12.4. The number of benzene rings is 1. The molecule has 5 atom stereocenters. The van der Waals surface area contributed by atoms with Crippen molar-refractivity contribution in [2.24, 2.45) is 0 Å². The summed E-state index contributed by atoms with van der Waals surface area (Å²) in [6.07, 6.45) is -6.67. The van der Waals surface area contributed by atoms with E-state index in [4.69, 9.17) is 9.47 Å². The van der Waals surface area contributed by atoms with Crippen LogP contribution in [-0.4, -0.2) is 70.8 Å². The third-order valence-corrected chi connectivity index (χ3v) is 5.24. The number of aliphatic hydroxyl groups is 4. The predicted octanol–water partition coefficient (Wildman–Crippen LogP) is 0.380. The zero-order chi connectivity index (χ0) is 19.6. The molecule has 3 rings (SSSR count). The molecule has 146 valence electrons. The van der Waals surface area contributed by atoms with Gasteiger partial charge in [-0.1, -0.05) is 0 Å². The topological polar surface area (TPSA) is 126 Å². The van der Waals surface area contributed by atoms with Crippen molar-refractivity contribution in [3.63, 3.8) is 0 Å². The van der Waals surface area contributed by atoms with E-state index in [1.165, 1.54) is 18.4 Å². The SMILES string of the molecule is COC(=O)c1csc(-c2ccc(O[C@H]3O[C@H](CO)[C@@H](O)[C@H](O)[C@@H]3O)cc2)c1. The first-order valence-corrected chi connectivity index (χ1v) is 9.07. The van der Waals surface area contributed by atoms with Crippen molar-refractivity contribution in [1.29, 1.82) is 0 Å². The van der Waals surface area contributed by atoms with Crippen molar-refractivity contribution >= 4 is 17.3 Å². The summed E-state index contributed by atoms with van der Waals surface area (Å²) in [6.45, 7) is -0.523. The van der Waals surface area contributed by atoms with E-state index in [-0.39, 0.29) is 0 Å². The highest BCUT2D eigenvalue weighted by Crippen LogP contribution is 2.30. The van der Waals surface area contributed by atoms with Crippen LogP contribution in [0.2, 0.25) is 0 Å². The zero-order valence-electron chi connectivity index (χ0n) is 14.4. The van der Waals surface area contributed by atoms with Crippen LogP contribution in [-0.2, 0) is 9.47 Å². The Morgan fingerprint density at radius 1 is 1.15 bits per heavy atom. The maximum atomic E-state index is 11.5. The number of hydrogen-bond donors (Lipinski definition) is 4. The van der Waals surface area contributed by atoms with Crippen LogP contribution in [0.25, 0.3) is 10.4 Å². The number of thiophene rings is 1. The number of rotatable bonds is 5. The van der Waals surface area contributed by atoms with Gasteiger partial charge in [0.15, 0.2) is 0 Å². The van der Waals surface area contributed by atoms with Crippen LogP contribution in [0, 0.1) is 0 Å². The number of carbonyl (C=O) groups excluding carboxylic acids is 1. The van der Waals surface area contributed by atoms with E-state index in [2.05, 4.69) is 4.74 Å². The molecule has 2 aromatic rings. The largest absolute Gasteiger partial charge is 0.465 e. The molecule has 0 bridgehead atoms. The number of aliphatic hydroxyl groups excluding tert-OH is 4. The summed E-state index contributed by atoms with van der Waals surface area (Å²) in [5.41, 5.74) is 1.33. The fourth-order valence-corrected chi connectivity index (χ4v) is 3.59. The summed E-state index contributed by atoms with van der Waals surface area (Å²) in [5, 5.41) is 40.5. The standard InChI is InChI=1S/C18H20O8S/c1-24-17(23)10-6-13(27-8-10)9-2-4-11(5-3-9)25-18-16(22)15(21)14(20)12(7-19)26-18/h2-6,8,12,14-16,18-22H,7H2,1H3/t12-,14-,15+,16+,18+/m1/s1. The van der Waals surface area contributed by atoms with Gasteiger partial charge in [0.05, 0.1) is 19.3 Å². The molecule has 1 saturated heterocycles. The molecule has 1 aromatic heterocycles. The smallest absolute Gasteiger partial charge is 0.338 e. The number of ether oxygens (including phenoxy) is 3. The van der Waals surface area contributed by atoms with E-state index in [1.807, 2.05) is 0 Å². The Kier molecular flexibility index (Phi) is 6.10. The minimum Gasteiger partial charge on any atom is -0.465 e. The van der Waals surface area contributed by atoms with Crippen molar-refractivity contribution in [2.75, 3.05) is 13.7 Å². The molecule has 2 heterocycles. The normalized spacial score (nSPS) is 28.0. The lowest BCUT2D eigenvalue weighted by Gasteiger charge is -2.39. The Hall–Kier alpha value is -2.01. The van der Waals surface area contributed by atoms with Gasteiger partial charge < -0.3 is 34.6 Å². The van der Waals surface area contributed by atoms with Gasteiger partial charge in [-0.15, -0.1) is 11.3 Å². The second-order valence-electron chi connectivity index (χ2n) is 6.03. The Balaban J connectivity index is 1.70. The summed E-state index contributed by atoms with van der Waals surface area (Å²) in [7, 11) is 1.32. The minimum atomic E-state index is -1.50. The first-order valence-electron chi connectivity index (χ1n) is 8.19. The molecule has 1 aromatic carbocycles. The van der Waals surface area contributed by atoms with Gasteiger partial charge in [0.2, 0.25) is 6.29 Å². The van der Waals surface area contributed by atoms with Crippen molar-refractivity contribution in [3.8, 4) is 16.2 Å². The molecule has 1 fully saturated rings. The van der Waals surface area contributed by atoms with E-state index in [9.17, 15) is 25.2 Å². The van der Waals surface area contributed by atoms with Crippen LogP contribution >= 0.6 is 11.3 Å². The van der Waals surface area contributed by atoms with Gasteiger partial charge in [-0.05, 0) is 35.9 Å². The molecule has 0 amide bonds. The number of methoxy groups -OCH3 is 1. The predicted molar refractivity (Wildman–Crippen MR) is 95.5 cm³/mol. The minimum absolute atomic E-state index is 0.368. The third kappa shape index (κ3) is 4.13. The highest BCUT2D eigenvalue weighted by molar-refractivity contribution is 7.13. The van der Waals surface area contributed by atoms with Crippen molar-refractivity contribution in [1.82, 2.24) is 0 Å². The second kappa shape index (κ2) is 8.34. The maximum Gasteiger partial charge on any atom is 0.338 e. The fourth-order valence-electron chi connectivity index (χ4n) is 2.71. The lowest BCUT2D eigenvalue weighted by atomic mass is 9.99. The summed E-state index contributed by atoms with van der Waals surface area (Å²) >= 11 is 1.40. The van der Waals surface area contributed by atoms with Gasteiger partial charge >= 0.3 is 5.97 Å². The first-order chi connectivity index (χ1) is 12.9. The number of esters is 1. The van der Waals surface area contributed by atoms with Crippen LogP contribution in [0.3, 0.4) is 0 Å². The third-order valence-electron chi connectivity index (χ3n) is 4.26. The second-order valence-corrected chi connectivity index (χ2v) is 6.94. The Morgan fingerprint density at radius 3 is 2.48 bits per heavy atom. The van der Waals surface area contributed by atoms with Gasteiger partial charge in [0.25, 0.3) is 0 Å². The van der Waals surface area contributed by atoms with E-state index >= 15 is 0 Å². The maximum absolute atomic E-state index is 11.5. The van der Waals surface area contributed by atoms with Gasteiger partial charge in [-0.3, -0.25) is 0 Å². The molecule has 8 nitrogen and oxygen atoms in total. The van der Waals surface area contributed by atoms with Gasteiger partial charge in [-0.25, -0.2) is 4.79 Å². The summed E-state index contributed by atoms with van der Waals surface area (Å²) in [5.74, 6) is -0.0344.